The molecular formula is C29H28N4O2. The van der Waals surface area contributed by atoms with Crippen molar-refractivity contribution in [3.05, 3.63) is 101 Å². The summed E-state index contributed by atoms with van der Waals surface area (Å²) in [7, 11) is 0. The minimum atomic E-state index is -0.123. The van der Waals surface area contributed by atoms with Crippen LogP contribution in [0.5, 0.6) is 5.75 Å². The van der Waals surface area contributed by atoms with Gasteiger partial charge in [-0.25, -0.2) is 0 Å². The molecule has 0 bridgehead atoms. The van der Waals surface area contributed by atoms with E-state index in [1.54, 1.807) is 16.8 Å². The lowest BCUT2D eigenvalue weighted by Crippen LogP contribution is -2.24. The highest BCUT2D eigenvalue weighted by atomic mass is 16.5. The van der Waals surface area contributed by atoms with Gasteiger partial charge in [0, 0.05) is 29.9 Å². The van der Waals surface area contributed by atoms with Crippen molar-refractivity contribution >= 4 is 21.7 Å². The minimum Gasteiger partial charge on any atom is -0.489 e. The zero-order valence-electron chi connectivity index (χ0n) is 19.6. The average molecular weight is 465 g/mol. The maximum Gasteiger partial charge on any atom is 0.258 e. The summed E-state index contributed by atoms with van der Waals surface area (Å²) in [6.45, 7) is 4.70. The Morgan fingerprint density at radius 1 is 0.829 bits per heavy atom. The van der Waals surface area contributed by atoms with Gasteiger partial charge in [-0.15, -0.1) is 0 Å². The normalized spacial score (nSPS) is 14.2. The molecule has 0 amide bonds. The van der Waals surface area contributed by atoms with E-state index in [-0.39, 0.29) is 5.56 Å². The van der Waals surface area contributed by atoms with Gasteiger partial charge in [-0.05, 0) is 72.6 Å². The van der Waals surface area contributed by atoms with Crippen molar-refractivity contribution in [2.45, 2.75) is 26.0 Å². The molecule has 1 fully saturated rings. The van der Waals surface area contributed by atoms with Gasteiger partial charge >= 0.3 is 0 Å². The Hall–Kier alpha value is -3.90. The number of aromatic nitrogens is 3. The molecule has 0 aliphatic carbocycles. The minimum absolute atomic E-state index is 0.123. The first-order chi connectivity index (χ1) is 17.2. The Kier molecular flexibility index (Phi) is 5.80. The van der Waals surface area contributed by atoms with Crippen LogP contribution < -0.4 is 10.3 Å². The molecule has 1 saturated heterocycles. The van der Waals surface area contributed by atoms with Gasteiger partial charge in [0.1, 0.15) is 12.4 Å². The second kappa shape index (κ2) is 9.39. The van der Waals surface area contributed by atoms with Crippen LogP contribution in [0.25, 0.3) is 27.4 Å². The lowest BCUT2D eigenvalue weighted by molar-refractivity contribution is 0.305. The van der Waals surface area contributed by atoms with E-state index < -0.39 is 0 Å². The molecule has 1 aliphatic heterocycles. The first-order valence-corrected chi connectivity index (χ1v) is 12.2. The fraction of sp³-hybridized carbons (Fsp3) is 0.241. The number of hydrogen-bond acceptors (Lipinski definition) is 4. The van der Waals surface area contributed by atoms with Crippen LogP contribution in [0.1, 0.15) is 18.4 Å². The van der Waals surface area contributed by atoms with Crippen LogP contribution in [0.3, 0.4) is 0 Å². The molecule has 3 aromatic carbocycles. The van der Waals surface area contributed by atoms with Crippen LogP contribution in [0.15, 0.2) is 90.0 Å². The van der Waals surface area contributed by atoms with Crippen LogP contribution in [-0.2, 0) is 13.2 Å². The first kappa shape index (κ1) is 21.6. The maximum absolute atomic E-state index is 12.9. The molecule has 1 aliphatic rings. The summed E-state index contributed by atoms with van der Waals surface area (Å²) in [5, 5.41) is 8.00. The standard InChI is InChI=1S/C29H28N4O2/c34-29-19-27(35-21-22-7-8-23-5-1-2-6-24(23)17-22)11-14-32(29)26-9-10-28-25(18-26)20-30-33(28)16-15-31-12-3-4-13-31/h1-2,5-11,14,17-20H,3-4,12-13,15-16,21H2. The molecule has 3 heterocycles. The van der Waals surface area contributed by atoms with Crippen molar-refractivity contribution in [1.82, 2.24) is 19.2 Å². The third-order valence-electron chi connectivity index (χ3n) is 6.84. The molecule has 176 valence electrons. The van der Waals surface area contributed by atoms with Crippen molar-refractivity contribution in [3.8, 4) is 11.4 Å². The molecule has 6 nitrogen and oxygen atoms in total. The summed E-state index contributed by atoms with van der Waals surface area (Å²) in [6, 6.07) is 24.0. The van der Waals surface area contributed by atoms with Gasteiger partial charge in [0.15, 0.2) is 0 Å². The van der Waals surface area contributed by atoms with E-state index in [0.717, 1.165) is 35.2 Å². The van der Waals surface area contributed by atoms with Gasteiger partial charge in [0.05, 0.1) is 18.3 Å². The number of fused-ring (bicyclic) bond motifs is 2. The largest absolute Gasteiger partial charge is 0.489 e. The Morgan fingerprint density at radius 2 is 1.69 bits per heavy atom. The quantitative estimate of drug-likeness (QED) is 0.340. The predicted octanol–water partition coefficient (Wildman–Crippen LogP) is 5.02. The van der Waals surface area contributed by atoms with Gasteiger partial charge in [0.25, 0.3) is 5.56 Å². The van der Waals surface area contributed by atoms with Crippen LogP contribution in [0.4, 0.5) is 0 Å². The average Bonchev–Trinajstić information content (AvgIpc) is 3.56. The third-order valence-corrected chi connectivity index (χ3v) is 6.84. The molecule has 0 unspecified atom stereocenters. The van der Waals surface area contributed by atoms with Gasteiger partial charge in [-0.2, -0.15) is 5.10 Å². The molecule has 0 saturated carbocycles. The van der Waals surface area contributed by atoms with E-state index in [1.165, 1.54) is 36.7 Å². The van der Waals surface area contributed by atoms with Crippen LogP contribution in [0.2, 0.25) is 0 Å². The highest BCUT2D eigenvalue weighted by Crippen LogP contribution is 2.20. The van der Waals surface area contributed by atoms with Crippen LogP contribution >= 0.6 is 0 Å². The van der Waals surface area contributed by atoms with Crippen LogP contribution in [0, 0.1) is 0 Å². The van der Waals surface area contributed by atoms with E-state index in [0.29, 0.717) is 12.4 Å². The zero-order chi connectivity index (χ0) is 23.6. The number of pyridine rings is 1. The number of hydrogen-bond donors (Lipinski definition) is 0. The molecule has 2 aromatic heterocycles. The van der Waals surface area contributed by atoms with Crippen molar-refractivity contribution in [2.75, 3.05) is 19.6 Å². The van der Waals surface area contributed by atoms with E-state index in [2.05, 4.69) is 51.1 Å². The van der Waals surface area contributed by atoms with Crippen molar-refractivity contribution in [3.63, 3.8) is 0 Å². The molecule has 5 aromatic rings. The van der Waals surface area contributed by atoms with Crippen LogP contribution in [-0.4, -0.2) is 38.9 Å². The summed E-state index contributed by atoms with van der Waals surface area (Å²) in [5.74, 6) is 0.565. The van der Waals surface area contributed by atoms with Gasteiger partial charge in [0.2, 0.25) is 0 Å². The third kappa shape index (κ3) is 4.57. The van der Waals surface area contributed by atoms with E-state index in [9.17, 15) is 4.79 Å². The second-order valence-electron chi connectivity index (χ2n) is 9.20. The van der Waals surface area contributed by atoms with E-state index in [1.807, 2.05) is 36.5 Å². The summed E-state index contributed by atoms with van der Waals surface area (Å²) < 4.78 is 9.63. The van der Waals surface area contributed by atoms with Gasteiger partial charge < -0.3 is 9.64 Å². The Morgan fingerprint density at radius 3 is 2.54 bits per heavy atom. The Labute approximate surface area is 204 Å². The molecule has 0 N–H and O–H groups in total. The van der Waals surface area contributed by atoms with Crippen molar-refractivity contribution in [2.24, 2.45) is 0 Å². The number of rotatable bonds is 7. The summed E-state index contributed by atoms with van der Waals surface area (Å²) in [6.07, 6.45) is 6.25. The summed E-state index contributed by atoms with van der Waals surface area (Å²) in [5.41, 5.74) is 2.86. The number of ether oxygens (including phenoxy) is 1. The molecule has 6 rings (SSSR count). The lowest BCUT2D eigenvalue weighted by atomic mass is 10.1. The van der Waals surface area contributed by atoms with E-state index in [4.69, 9.17) is 4.74 Å². The first-order valence-electron chi connectivity index (χ1n) is 12.2. The molecule has 0 spiro atoms. The number of likely N-dealkylation sites (tertiary alicyclic amines) is 1. The maximum atomic E-state index is 12.9. The fourth-order valence-corrected chi connectivity index (χ4v) is 4.90. The topological polar surface area (TPSA) is 52.3 Å². The zero-order valence-corrected chi connectivity index (χ0v) is 19.6. The smallest absolute Gasteiger partial charge is 0.258 e. The highest BCUT2D eigenvalue weighted by Gasteiger charge is 2.12. The molecule has 35 heavy (non-hydrogen) atoms. The number of benzene rings is 3. The monoisotopic (exact) mass is 464 g/mol. The SMILES string of the molecule is O=c1cc(OCc2ccc3ccccc3c2)ccn1-c1ccc2c(cnn2CCN2CCCC2)c1. The molecule has 0 atom stereocenters. The Balaban J connectivity index is 1.16. The molecule has 0 radical (unpaired) electrons. The second-order valence-corrected chi connectivity index (χ2v) is 9.20. The fourth-order valence-electron chi connectivity index (χ4n) is 4.90. The van der Waals surface area contributed by atoms with Crippen molar-refractivity contribution < 1.29 is 4.74 Å². The van der Waals surface area contributed by atoms with Gasteiger partial charge in [-0.1, -0.05) is 36.4 Å². The summed E-state index contributed by atoms with van der Waals surface area (Å²) >= 11 is 0. The molecule has 6 heteroatoms. The number of nitrogens with zero attached hydrogens (tertiary/aromatic N) is 4. The Bertz CT molecular complexity index is 1550. The lowest BCUT2D eigenvalue weighted by Gasteiger charge is -2.14. The molecular weight excluding hydrogens is 436 g/mol. The van der Waals surface area contributed by atoms with Crippen molar-refractivity contribution in [1.29, 1.82) is 0 Å². The predicted molar refractivity (Wildman–Crippen MR) is 139 cm³/mol. The highest BCUT2D eigenvalue weighted by molar-refractivity contribution is 5.83. The van der Waals surface area contributed by atoms with Gasteiger partial charge in [-0.3, -0.25) is 14.0 Å². The van der Waals surface area contributed by atoms with E-state index >= 15 is 0 Å². The summed E-state index contributed by atoms with van der Waals surface area (Å²) in [4.78, 5) is 15.4.